The quantitative estimate of drug-likeness (QED) is 0.0334. The van der Waals surface area contributed by atoms with Crippen molar-refractivity contribution in [1.82, 2.24) is 4.90 Å². The highest BCUT2D eigenvalue weighted by Gasteiger charge is 2.27. The molecular formula is C51H95N3O6. The third kappa shape index (κ3) is 28.2. The molecule has 350 valence electrons. The smallest absolute Gasteiger partial charge is 0.306 e. The Balaban J connectivity index is 2.53. The summed E-state index contributed by atoms with van der Waals surface area (Å²) in [6.07, 6.45) is 37.4. The van der Waals surface area contributed by atoms with Crippen LogP contribution in [0, 0.1) is 11.8 Å². The predicted octanol–water partition coefficient (Wildman–Crippen LogP) is 13.2. The van der Waals surface area contributed by atoms with E-state index in [2.05, 4.69) is 36.3 Å². The zero-order valence-electron chi connectivity index (χ0n) is 39.7. The van der Waals surface area contributed by atoms with Gasteiger partial charge in [-0.2, -0.15) is 0 Å². The lowest BCUT2D eigenvalue weighted by atomic mass is 9.80. The number of hydrogen-bond acceptors (Lipinski definition) is 8. The third-order valence-corrected chi connectivity index (χ3v) is 12.6. The molecule has 3 N–H and O–H groups in total. The summed E-state index contributed by atoms with van der Waals surface area (Å²) in [5, 5.41) is 16.6. The monoisotopic (exact) mass is 846 g/mol. The van der Waals surface area contributed by atoms with Crippen LogP contribution in [-0.2, 0) is 14.3 Å². The van der Waals surface area contributed by atoms with Gasteiger partial charge in [0.15, 0.2) is 0 Å². The number of ether oxygens (including phenoxy) is 1. The van der Waals surface area contributed by atoms with Crippen molar-refractivity contribution in [3.8, 4) is 0 Å². The minimum absolute atomic E-state index is 0.0540. The maximum Gasteiger partial charge on any atom is 0.306 e. The summed E-state index contributed by atoms with van der Waals surface area (Å²) >= 11 is 0. The maximum absolute atomic E-state index is 12.6. The number of carboxylic acid groups (broad SMARTS) is 1. The molecule has 1 aromatic carbocycles. The van der Waals surface area contributed by atoms with E-state index >= 15 is 0 Å². The topological polar surface area (TPSA) is 125 Å². The lowest BCUT2D eigenvalue weighted by Gasteiger charge is -2.25. The summed E-state index contributed by atoms with van der Waals surface area (Å²) in [6, 6.07) is 0. The van der Waals surface area contributed by atoms with Crippen molar-refractivity contribution in [3.63, 3.8) is 0 Å². The molecule has 0 saturated carbocycles. The largest absolute Gasteiger partial charge is 0.481 e. The standard InChI is InChI=1S/C51H95N3O6/c1-5-9-12-15-18-26-33-43-60-46(55)38-30-22-19-24-31-40-54(42-34-39-53-48-47(52-8-4)49(56)50(48)57)41-32-25-23-29-37-45(51(58)59)44(35-27-20-16-13-10-6-2)36-28-21-17-14-11-7-3/h44-45,52-53H,5-43H2,1-4H3,(H,58,59). The van der Waals surface area contributed by atoms with Crippen molar-refractivity contribution in [2.45, 2.75) is 240 Å². The number of unbranched alkanes of at least 4 members (excludes halogenated alkanes) is 23. The molecule has 1 aromatic rings. The van der Waals surface area contributed by atoms with Crippen molar-refractivity contribution < 1.29 is 19.4 Å². The molecule has 0 aliphatic heterocycles. The van der Waals surface area contributed by atoms with Crippen LogP contribution in [-0.4, -0.2) is 61.3 Å². The molecule has 1 rings (SSSR count). The number of aliphatic carboxylic acids is 1. The van der Waals surface area contributed by atoms with Crippen molar-refractivity contribution >= 4 is 23.3 Å². The van der Waals surface area contributed by atoms with Gasteiger partial charge in [-0.1, -0.05) is 175 Å². The van der Waals surface area contributed by atoms with Crippen LogP contribution in [0.25, 0.3) is 0 Å². The number of nitrogens with one attached hydrogen (secondary N) is 2. The molecule has 0 amide bonds. The number of carboxylic acids is 1. The maximum atomic E-state index is 12.6. The fourth-order valence-electron chi connectivity index (χ4n) is 8.74. The third-order valence-electron chi connectivity index (χ3n) is 12.6. The summed E-state index contributed by atoms with van der Waals surface area (Å²) in [5.74, 6) is -0.559. The number of anilines is 2. The molecule has 0 radical (unpaired) electrons. The number of carbonyl (C=O) groups excluding carboxylic acids is 1. The molecule has 60 heavy (non-hydrogen) atoms. The molecule has 1 atom stereocenters. The molecular weight excluding hydrogens is 751 g/mol. The van der Waals surface area contributed by atoms with Crippen LogP contribution in [0.1, 0.15) is 240 Å². The van der Waals surface area contributed by atoms with Gasteiger partial charge in [0.2, 0.25) is 0 Å². The molecule has 0 fully saturated rings. The van der Waals surface area contributed by atoms with E-state index in [1.807, 2.05) is 6.92 Å². The first-order valence-electron chi connectivity index (χ1n) is 25.7. The number of hydrogen-bond donors (Lipinski definition) is 3. The van der Waals surface area contributed by atoms with Gasteiger partial charge in [-0.25, -0.2) is 0 Å². The number of esters is 1. The molecule has 0 bridgehead atoms. The molecule has 1 unspecified atom stereocenters. The molecule has 0 spiro atoms. The van der Waals surface area contributed by atoms with Gasteiger partial charge in [0.25, 0.3) is 10.9 Å². The SMILES string of the molecule is CCCCCCCCCOC(=O)CCCCCCCN(CCCCCCC(C(=O)O)C(CCCCCCCC)CCCCCCCC)CCCNc1c(NCC)c(=O)c1=O. The Morgan fingerprint density at radius 1 is 0.517 bits per heavy atom. The van der Waals surface area contributed by atoms with Crippen LogP contribution in [0.5, 0.6) is 0 Å². The molecule has 9 nitrogen and oxygen atoms in total. The second-order valence-corrected chi connectivity index (χ2v) is 17.9. The highest BCUT2D eigenvalue weighted by atomic mass is 16.5. The second kappa shape index (κ2) is 39.4. The number of carbonyl (C=O) groups is 2. The molecule has 0 aliphatic carbocycles. The van der Waals surface area contributed by atoms with Crippen molar-refractivity contribution in [3.05, 3.63) is 20.4 Å². The van der Waals surface area contributed by atoms with Gasteiger partial charge < -0.3 is 25.4 Å². The summed E-state index contributed by atoms with van der Waals surface area (Å²) in [6.45, 7) is 13.4. The Bertz CT molecular complexity index is 1210. The van der Waals surface area contributed by atoms with Crippen molar-refractivity contribution in [2.75, 3.05) is 50.0 Å². The van der Waals surface area contributed by atoms with Crippen LogP contribution in [0.2, 0.25) is 0 Å². The van der Waals surface area contributed by atoms with Gasteiger partial charge in [-0.15, -0.1) is 0 Å². The normalized spacial score (nSPS) is 12.2. The molecule has 9 heteroatoms. The van der Waals surface area contributed by atoms with Gasteiger partial charge in [0, 0.05) is 19.5 Å². The van der Waals surface area contributed by atoms with E-state index in [1.165, 1.54) is 96.3 Å². The van der Waals surface area contributed by atoms with Crippen LogP contribution in [0.3, 0.4) is 0 Å². The zero-order valence-corrected chi connectivity index (χ0v) is 39.7. The van der Waals surface area contributed by atoms with E-state index in [9.17, 15) is 24.3 Å². The fourth-order valence-corrected chi connectivity index (χ4v) is 8.74. The van der Waals surface area contributed by atoms with E-state index in [0.717, 1.165) is 129 Å². The second-order valence-electron chi connectivity index (χ2n) is 17.9. The number of nitrogens with zero attached hydrogens (tertiary/aromatic N) is 1. The average Bonchev–Trinajstić information content (AvgIpc) is 3.24. The lowest BCUT2D eigenvalue weighted by Crippen LogP contribution is -2.38. The predicted molar refractivity (Wildman–Crippen MR) is 255 cm³/mol. The Morgan fingerprint density at radius 3 is 1.43 bits per heavy atom. The Morgan fingerprint density at radius 2 is 0.933 bits per heavy atom. The molecule has 0 heterocycles. The Kier molecular flexibility index (Phi) is 36.5. The van der Waals surface area contributed by atoms with Crippen molar-refractivity contribution in [2.24, 2.45) is 11.8 Å². The minimum atomic E-state index is -0.586. The van der Waals surface area contributed by atoms with Gasteiger partial charge in [0.05, 0.1) is 12.5 Å². The van der Waals surface area contributed by atoms with Crippen LogP contribution in [0.15, 0.2) is 9.59 Å². The van der Waals surface area contributed by atoms with E-state index in [-0.39, 0.29) is 11.9 Å². The fraction of sp³-hybridized carbons (Fsp3) is 0.882. The summed E-state index contributed by atoms with van der Waals surface area (Å²) < 4.78 is 5.46. The molecule has 0 aliphatic rings. The Hall–Kier alpha value is -2.42. The number of rotatable bonds is 46. The van der Waals surface area contributed by atoms with Crippen LogP contribution >= 0.6 is 0 Å². The van der Waals surface area contributed by atoms with Gasteiger partial charge in [-0.3, -0.25) is 19.2 Å². The summed E-state index contributed by atoms with van der Waals surface area (Å²) in [5.41, 5.74) is -0.00863. The molecule has 0 aromatic heterocycles. The first-order chi connectivity index (χ1) is 29.3. The first kappa shape index (κ1) is 55.6. The van der Waals surface area contributed by atoms with Gasteiger partial charge in [0.1, 0.15) is 11.4 Å². The van der Waals surface area contributed by atoms with Gasteiger partial charge >= 0.3 is 11.9 Å². The lowest BCUT2D eigenvalue weighted by molar-refractivity contribution is -0.145. The summed E-state index contributed by atoms with van der Waals surface area (Å²) in [4.78, 5) is 51.4. The summed E-state index contributed by atoms with van der Waals surface area (Å²) in [7, 11) is 0. The Labute approximate surface area is 368 Å². The highest BCUT2D eigenvalue weighted by Crippen LogP contribution is 2.30. The van der Waals surface area contributed by atoms with Crippen LogP contribution in [0.4, 0.5) is 11.4 Å². The average molecular weight is 846 g/mol. The van der Waals surface area contributed by atoms with E-state index < -0.39 is 16.8 Å². The molecule has 0 saturated heterocycles. The van der Waals surface area contributed by atoms with E-state index in [4.69, 9.17) is 4.74 Å². The van der Waals surface area contributed by atoms with E-state index in [1.54, 1.807) is 0 Å². The van der Waals surface area contributed by atoms with E-state index in [0.29, 0.717) is 43.4 Å². The minimum Gasteiger partial charge on any atom is -0.481 e. The van der Waals surface area contributed by atoms with Crippen LogP contribution < -0.4 is 21.5 Å². The highest BCUT2D eigenvalue weighted by molar-refractivity contribution is 5.73. The zero-order chi connectivity index (χ0) is 43.9. The first-order valence-corrected chi connectivity index (χ1v) is 25.7. The van der Waals surface area contributed by atoms with Gasteiger partial charge in [-0.05, 0) is 83.8 Å². The van der Waals surface area contributed by atoms with Crippen molar-refractivity contribution in [1.29, 1.82) is 0 Å².